The highest BCUT2D eigenvalue weighted by atomic mass is 127. The Labute approximate surface area is 72.5 Å². The predicted molar refractivity (Wildman–Crippen MR) is 44.9 cm³/mol. The second-order valence-electron chi connectivity index (χ2n) is 1.73. The largest absolute Gasteiger partial charge is 0.872 e. The lowest BCUT2D eigenvalue weighted by Gasteiger charge is -2.06. The summed E-state index contributed by atoms with van der Waals surface area (Å²) in [5.41, 5.74) is 0.518. The molecule has 0 fully saturated rings. The van der Waals surface area contributed by atoms with E-state index >= 15 is 0 Å². The van der Waals surface area contributed by atoms with Crippen molar-refractivity contribution in [3.8, 4) is 5.75 Å². The lowest BCUT2D eigenvalue weighted by molar-refractivity contribution is -0.269. The smallest absolute Gasteiger partial charge is 0.188 e. The average molecular weight is 244 g/mol. The lowest BCUT2D eigenvalue weighted by atomic mass is 10.3. The van der Waals surface area contributed by atoms with E-state index in [0.717, 1.165) is 0 Å². The van der Waals surface area contributed by atoms with Crippen molar-refractivity contribution in [2.45, 2.75) is 0 Å². The molecule has 0 bridgehead atoms. The summed E-state index contributed by atoms with van der Waals surface area (Å²) in [4.78, 5) is 3.18. The van der Waals surface area contributed by atoms with Crippen molar-refractivity contribution >= 4 is 28.3 Å². The molecule has 0 aliphatic rings. The van der Waals surface area contributed by atoms with E-state index in [1.54, 1.807) is 6.07 Å². The summed E-state index contributed by atoms with van der Waals surface area (Å²) >= 11 is 1.92. The second-order valence-corrected chi connectivity index (χ2v) is 2.89. The zero-order valence-corrected chi connectivity index (χ0v) is 7.12. The van der Waals surface area contributed by atoms with Crippen molar-refractivity contribution in [3.63, 3.8) is 0 Å². The van der Waals surface area contributed by atoms with Crippen LogP contribution >= 0.6 is 22.6 Å². The Bertz CT molecular complexity index is 290. The normalized spacial score (nSPS) is 8.80. The summed E-state index contributed by atoms with van der Waals surface area (Å²) in [5, 5.41) is 10.8. The van der Waals surface area contributed by atoms with E-state index in [9.17, 15) is 5.11 Å². The van der Waals surface area contributed by atoms with E-state index in [1.165, 1.54) is 12.1 Å². The molecule has 0 radical (unpaired) electrons. The van der Waals surface area contributed by atoms with Gasteiger partial charge in [0.25, 0.3) is 0 Å². The minimum absolute atomic E-state index is 0.0204. The van der Waals surface area contributed by atoms with Crippen molar-refractivity contribution in [2.75, 3.05) is 0 Å². The number of hydrogen-bond donors (Lipinski definition) is 0. The van der Waals surface area contributed by atoms with Crippen LogP contribution in [0.25, 0.3) is 4.85 Å². The molecule has 1 aromatic carbocycles. The van der Waals surface area contributed by atoms with Gasteiger partial charge in [-0.3, -0.25) is 0 Å². The van der Waals surface area contributed by atoms with Crippen molar-refractivity contribution < 1.29 is 5.11 Å². The Morgan fingerprint density at radius 3 is 2.70 bits per heavy atom. The first kappa shape index (κ1) is 7.35. The number of halogens is 1. The highest BCUT2D eigenvalue weighted by molar-refractivity contribution is 14.1. The standard InChI is InChI=1S/C7H4INO/c1-9-5-2-3-7(10)6(8)4-5/h2-4,10H/p-1. The first-order valence-electron chi connectivity index (χ1n) is 2.58. The number of rotatable bonds is 0. The maximum atomic E-state index is 10.8. The first-order chi connectivity index (χ1) is 4.74. The molecule has 10 heavy (non-hydrogen) atoms. The summed E-state index contributed by atoms with van der Waals surface area (Å²) in [6.07, 6.45) is 0. The van der Waals surface area contributed by atoms with Gasteiger partial charge in [-0.05, 0) is 32.2 Å². The maximum absolute atomic E-state index is 10.8. The molecule has 0 atom stereocenters. The SMILES string of the molecule is [C-]#[N+]c1ccc([O-])c(I)c1. The van der Waals surface area contributed by atoms with Crippen LogP contribution < -0.4 is 5.11 Å². The Balaban J connectivity index is 3.20. The highest BCUT2D eigenvalue weighted by Gasteiger charge is 1.90. The molecule has 0 aliphatic heterocycles. The van der Waals surface area contributed by atoms with Gasteiger partial charge in [0, 0.05) is 0 Å². The van der Waals surface area contributed by atoms with Gasteiger partial charge in [-0.1, -0.05) is 17.9 Å². The van der Waals surface area contributed by atoms with E-state index in [4.69, 9.17) is 6.57 Å². The van der Waals surface area contributed by atoms with Crippen LogP contribution in [0.3, 0.4) is 0 Å². The van der Waals surface area contributed by atoms with Crippen LogP contribution in [0.2, 0.25) is 0 Å². The van der Waals surface area contributed by atoms with Gasteiger partial charge in [-0.15, -0.1) is 0 Å². The zero-order chi connectivity index (χ0) is 7.56. The fraction of sp³-hybridized carbons (Fsp3) is 0. The minimum atomic E-state index is -0.0204. The molecular weight excluding hydrogens is 241 g/mol. The van der Waals surface area contributed by atoms with Crippen molar-refractivity contribution in [1.82, 2.24) is 0 Å². The second kappa shape index (κ2) is 2.88. The molecule has 0 spiro atoms. The van der Waals surface area contributed by atoms with Crippen LogP contribution in [-0.2, 0) is 0 Å². The first-order valence-corrected chi connectivity index (χ1v) is 3.66. The molecule has 0 saturated heterocycles. The molecule has 0 amide bonds. The molecular formula is C7H3INO-. The Morgan fingerprint density at radius 2 is 2.20 bits per heavy atom. The van der Waals surface area contributed by atoms with Gasteiger partial charge < -0.3 is 5.11 Å². The Hall–Kier alpha value is -0.760. The van der Waals surface area contributed by atoms with Crippen LogP contribution in [0.4, 0.5) is 5.69 Å². The van der Waals surface area contributed by atoms with Gasteiger partial charge in [0.2, 0.25) is 0 Å². The van der Waals surface area contributed by atoms with E-state index in [-0.39, 0.29) is 5.75 Å². The number of benzene rings is 1. The van der Waals surface area contributed by atoms with E-state index in [2.05, 4.69) is 4.85 Å². The monoisotopic (exact) mass is 244 g/mol. The number of hydrogen-bond acceptors (Lipinski definition) is 1. The molecule has 0 N–H and O–H groups in total. The molecule has 0 unspecified atom stereocenters. The zero-order valence-electron chi connectivity index (χ0n) is 4.97. The van der Waals surface area contributed by atoms with Gasteiger partial charge in [-0.25, -0.2) is 4.85 Å². The molecule has 2 nitrogen and oxygen atoms in total. The molecule has 3 heteroatoms. The predicted octanol–water partition coefficient (Wildman–Crippen LogP) is 1.92. The van der Waals surface area contributed by atoms with Crippen LogP contribution in [0.15, 0.2) is 18.2 Å². The van der Waals surface area contributed by atoms with Crippen molar-refractivity contribution in [1.29, 1.82) is 0 Å². The fourth-order valence-electron chi connectivity index (χ4n) is 0.559. The summed E-state index contributed by atoms with van der Waals surface area (Å²) < 4.78 is 0.603. The molecule has 1 rings (SSSR count). The van der Waals surface area contributed by atoms with Crippen LogP contribution in [0, 0.1) is 10.1 Å². The summed E-state index contributed by atoms with van der Waals surface area (Å²) in [6.45, 7) is 6.63. The average Bonchev–Trinajstić information content (AvgIpc) is 1.95. The summed E-state index contributed by atoms with van der Waals surface area (Å²) in [5.74, 6) is -0.0204. The van der Waals surface area contributed by atoms with Crippen molar-refractivity contribution in [2.24, 2.45) is 0 Å². The van der Waals surface area contributed by atoms with Gasteiger partial charge >= 0.3 is 0 Å². The van der Waals surface area contributed by atoms with Gasteiger partial charge in [0.15, 0.2) is 5.69 Å². The van der Waals surface area contributed by atoms with Gasteiger partial charge in [0.1, 0.15) is 0 Å². The van der Waals surface area contributed by atoms with Crippen molar-refractivity contribution in [3.05, 3.63) is 33.2 Å². The van der Waals surface area contributed by atoms with Crippen LogP contribution in [0.1, 0.15) is 0 Å². The van der Waals surface area contributed by atoms with Gasteiger partial charge in [0.05, 0.1) is 6.57 Å². The molecule has 0 aliphatic carbocycles. The van der Waals surface area contributed by atoms with E-state index in [0.29, 0.717) is 9.26 Å². The quantitative estimate of drug-likeness (QED) is 0.506. The van der Waals surface area contributed by atoms with E-state index in [1.807, 2.05) is 22.6 Å². The highest BCUT2D eigenvalue weighted by Crippen LogP contribution is 2.22. The van der Waals surface area contributed by atoms with Crippen LogP contribution in [-0.4, -0.2) is 0 Å². The lowest BCUT2D eigenvalue weighted by Crippen LogP contribution is -1.90. The third-order valence-electron chi connectivity index (χ3n) is 1.04. The Morgan fingerprint density at radius 1 is 1.50 bits per heavy atom. The molecule has 1 aromatic rings. The third-order valence-corrected chi connectivity index (χ3v) is 1.89. The topological polar surface area (TPSA) is 27.4 Å². The maximum Gasteiger partial charge on any atom is 0.188 e. The minimum Gasteiger partial charge on any atom is -0.872 e. The van der Waals surface area contributed by atoms with Gasteiger partial charge in [-0.2, -0.15) is 0 Å². The summed E-state index contributed by atoms with van der Waals surface area (Å²) in [6, 6.07) is 4.52. The molecule has 0 aromatic heterocycles. The fourth-order valence-corrected chi connectivity index (χ4v) is 1.06. The van der Waals surface area contributed by atoms with E-state index < -0.39 is 0 Å². The summed E-state index contributed by atoms with van der Waals surface area (Å²) in [7, 11) is 0. The molecule has 50 valence electrons. The number of nitrogens with zero attached hydrogens (tertiary/aromatic N) is 1. The Kier molecular flexibility index (Phi) is 2.12. The third kappa shape index (κ3) is 1.39. The van der Waals surface area contributed by atoms with Crippen LogP contribution in [0.5, 0.6) is 5.75 Å². The molecule has 0 saturated carbocycles. The molecule has 0 heterocycles.